The molecule has 0 spiro atoms. The molecule has 96 valence electrons. The van der Waals surface area contributed by atoms with E-state index in [4.69, 9.17) is 5.11 Å². The molecule has 18 heavy (non-hydrogen) atoms. The first-order valence-corrected chi connectivity index (χ1v) is 5.54. The molecule has 5 heteroatoms. The van der Waals surface area contributed by atoms with Crippen molar-refractivity contribution in [1.29, 1.82) is 0 Å². The van der Waals surface area contributed by atoms with Gasteiger partial charge in [0.2, 0.25) is 0 Å². The second-order valence-electron chi connectivity index (χ2n) is 4.41. The average molecular weight is 250 g/mol. The van der Waals surface area contributed by atoms with E-state index in [2.05, 4.69) is 0 Å². The lowest BCUT2D eigenvalue weighted by Gasteiger charge is -2.33. The summed E-state index contributed by atoms with van der Waals surface area (Å²) in [4.78, 5) is 11.0. The predicted molar refractivity (Wildman–Crippen MR) is 63.6 cm³/mol. The number of aliphatic carboxylic acids is 1. The molecule has 1 aromatic carbocycles. The summed E-state index contributed by atoms with van der Waals surface area (Å²) < 4.78 is 0. The molecule has 0 unspecified atom stereocenters. The lowest BCUT2D eigenvalue weighted by Crippen LogP contribution is -2.47. The van der Waals surface area contributed by atoms with Crippen LogP contribution in [0.4, 0.5) is 0 Å². The second-order valence-corrected chi connectivity index (χ2v) is 4.41. The van der Waals surface area contributed by atoms with Crippen LogP contribution in [0.2, 0.25) is 0 Å². The first-order chi connectivity index (χ1) is 8.44. The summed E-state index contributed by atoms with van der Waals surface area (Å²) >= 11 is 0. The molecule has 0 saturated heterocycles. The fourth-order valence-corrected chi connectivity index (χ4v) is 2.07. The van der Waals surface area contributed by atoms with Crippen molar-refractivity contribution in [2.24, 2.45) is 0 Å². The zero-order valence-electron chi connectivity index (χ0n) is 9.52. The predicted octanol–water partition coefficient (Wildman–Crippen LogP) is 0.0112. The van der Waals surface area contributed by atoms with Gasteiger partial charge in [-0.1, -0.05) is 30.3 Å². The fraction of sp³-hybridized carbons (Fsp3) is 0.308. The lowest BCUT2D eigenvalue weighted by molar-refractivity contribution is -0.157. The molecule has 0 bridgehead atoms. The van der Waals surface area contributed by atoms with Crippen LogP contribution in [0.5, 0.6) is 0 Å². The maximum atomic E-state index is 11.0. The van der Waals surface area contributed by atoms with E-state index in [9.17, 15) is 20.1 Å². The van der Waals surface area contributed by atoms with Gasteiger partial charge in [-0.3, -0.25) is 0 Å². The SMILES string of the molecule is O=C(O)[C@]1(O)C=C(c2ccccc2)[C@@H](O)[C@H](O)C1. The molecule has 3 atom stereocenters. The van der Waals surface area contributed by atoms with Gasteiger partial charge in [0.25, 0.3) is 0 Å². The maximum Gasteiger partial charge on any atom is 0.339 e. The molecule has 1 aliphatic rings. The van der Waals surface area contributed by atoms with E-state index in [0.717, 1.165) is 6.08 Å². The Morgan fingerprint density at radius 1 is 1.22 bits per heavy atom. The number of hydrogen-bond donors (Lipinski definition) is 4. The number of hydrogen-bond acceptors (Lipinski definition) is 4. The highest BCUT2D eigenvalue weighted by Gasteiger charge is 2.43. The highest BCUT2D eigenvalue weighted by molar-refractivity contribution is 5.85. The van der Waals surface area contributed by atoms with Gasteiger partial charge in [0, 0.05) is 6.42 Å². The van der Waals surface area contributed by atoms with Crippen molar-refractivity contribution >= 4 is 11.5 Å². The van der Waals surface area contributed by atoms with Crippen LogP contribution >= 0.6 is 0 Å². The summed E-state index contributed by atoms with van der Waals surface area (Å²) in [6.07, 6.45) is -1.85. The molecule has 1 aliphatic carbocycles. The molecular weight excluding hydrogens is 236 g/mol. The first kappa shape index (κ1) is 12.8. The van der Waals surface area contributed by atoms with E-state index in [0.29, 0.717) is 5.56 Å². The van der Waals surface area contributed by atoms with Crippen molar-refractivity contribution in [2.45, 2.75) is 24.2 Å². The summed E-state index contributed by atoms with van der Waals surface area (Å²) in [7, 11) is 0. The normalized spacial score (nSPS) is 31.8. The monoisotopic (exact) mass is 250 g/mol. The number of carboxylic acid groups (broad SMARTS) is 1. The Morgan fingerprint density at radius 2 is 1.83 bits per heavy atom. The van der Waals surface area contributed by atoms with E-state index in [1.807, 2.05) is 0 Å². The van der Waals surface area contributed by atoms with Gasteiger partial charge in [0.15, 0.2) is 5.60 Å². The summed E-state index contributed by atoms with van der Waals surface area (Å²) in [5.41, 5.74) is -1.35. The van der Waals surface area contributed by atoms with Crippen molar-refractivity contribution in [3.63, 3.8) is 0 Å². The standard InChI is InChI=1S/C13H14O5/c14-10-7-13(18,12(16)17)6-9(11(10)15)8-4-2-1-3-5-8/h1-6,10-11,14-15,18H,7H2,(H,16,17)/t10-,11-,13+/m1/s1. The number of rotatable bonds is 2. The highest BCUT2D eigenvalue weighted by Crippen LogP contribution is 2.33. The van der Waals surface area contributed by atoms with Crippen LogP contribution in [0.3, 0.4) is 0 Å². The van der Waals surface area contributed by atoms with Crippen molar-refractivity contribution in [3.8, 4) is 0 Å². The molecule has 5 nitrogen and oxygen atoms in total. The van der Waals surface area contributed by atoms with Crippen molar-refractivity contribution in [3.05, 3.63) is 42.0 Å². The summed E-state index contributed by atoms with van der Waals surface area (Å²) in [5, 5.41) is 38.5. The van der Waals surface area contributed by atoms with E-state index in [-0.39, 0.29) is 5.57 Å². The Bertz CT molecular complexity index is 481. The molecule has 0 aromatic heterocycles. The molecular formula is C13H14O5. The number of benzene rings is 1. The summed E-state index contributed by atoms with van der Waals surface area (Å²) in [5.74, 6) is -1.44. The summed E-state index contributed by atoms with van der Waals surface area (Å²) in [6.45, 7) is 0. The van der Waals surface area contributed by atoms with Gasteiger partial charge < -0.3 is 20.4 Å². The highest BCUT2D eigenvalue weighted by atomic mass is 16.4. The van der Waals surface area contributed by atoms with Crippen LogP contribution in [0, 0.1) is 0 Å². The van der Waals surface area contributed by atoms with Gasteiger partial charge in [-0.05, 0) is 17.2 Å². The number of aliphatic hydroxyl groups is 3. The third kappa shape index (κ3) is 2.15. The topological polar surface area (TPSA) is 98.0 Å². The minimum atomic E-state index is -2.15. The van der Waals surface area contributed by atoms with Gasteiger partial charge in [-0.25, -0.2) is 4.79 Å². The van der Waals surface area contributed by atoms with Crippen LogP contribution in [0.15, 0.2) is 36.4 Å². The molecule has 1 aromatic rings. The third-order valence-electron chi connectivity index (χ3n) is 3.08. The summed E-state index contributed by atoms with van der Waals surface area (Å²) in [6, 6.07) is 8.58. The molecule has 2 rings (SSSR count). The van der Waals surface area contributed by atoms with E-state index in [1.54, 1.807) is 30.3 Å². The van der Waals surface area contributed by atoms with Crippen molar-refractivity contribution < 1.29 is 25.2 Å². The maximum absolute atomic E-state index is 11.0. The Labute approximate surface area is 104 Å². The zero-order valence-corrected chi connectivity index (χ0v) is 9.52. The van der Waals surface area contributed by atoms with E-state index in [1.165, 1.54) is 0 Å². The number of carboxylic acids is 1. The Kier molecular flexibility index (Phi) is 3.21. The smallest absolute Gasteiger partial charge is 0.339 e. The Hall–Kier alpha value is -1.69. The number of aliphatic hydroxyl groups excluding tert-OH is 2. The zero-order chi connectivity index (χ0) is 13.3. The molecule has 0 aliphatic heterocycles. The van der Waals surface area contributed by atoms with Crippen LogP contribution in [0.25, 0.3) is 5.57 Å². The van der Waals surface area contributed by atoms with Gasteiger partial charge in [-0.2, -0.15) is 0 Å². The van der Waals surface area contributed by atoms with Gasteiger partial charge >= 0.3 is 5.97 Å². The molecule has 4 N–H and O–H groups in total. The lowest BCUT2D eigenvalue weighted by atomic mass is 9.80. The largest absolute Gasteiger partial charge is 0.479 e. The molecule has 0 saturated carbocycles. The van der Waals surface area contributed by atoms with Gasteiger partial charge in [0.1, 0.15) is 6.10 Å². The minimum absolute atomic E-state index is 0.222. The minimum Gasteiger partial charge on any atom is -0.479 e. The molecule has 0 fully saturated rings. The molecule has 0 amide bonds. The van der Waals surface area contributed by atoms with Crippen molar-refractivity contribution in [1.82, 2.24) is 0 Å². The average Bonchev–Trinajstić information content (AvgIpc) is 2.35. The van der Waals surface area contributed by atoms with Crippen LogP contribution < -0.4 is 0 Å². The number of carbonyl (C=O) groups is 1. The second kappa shape index (κ2) is 4.53. The fourth-order valence-electron chi connectivity index (χ4n) is 2.07. The Balaban J connectivity index is 2.49. The molecule has 0 heterocycles. The van der Waals surface area contributed by atoms with Crippen LogP contribution in [-0.2, 0) is 4.79 Å². The van der Waals surface area contributed by atoms with E-state index < -0.39 is 30.2 Å². The first-order valence-electron chi connectivity index (χ1n) is 5.54. The van der Waals surface area contributed by atoms with E-state index >= 15 is 0 Å². The van der Waals surface area contributed by atoms with Crippen LogP contribution in [-0.4, -0.2) is 44.2 Å². The van der Waals surface area contributed by atoms with Gasteiger partial charge in [-0.15, -0.1) is 0 Å². The van der Waals surface area contributed by atoms with Gasteiger partial charge in [0.05, 0.1) is 6.10 Å². The van der Waals surface area contributed by atoms with Crippen molar-refractivity contribution in [2.75, 3.05) is 0 Å². The quantitative estimate of drug-likeness (QED) is 0.593. The third-order valence-corrected chi connectivity index (χ3v) is 3.08. The Morgan fingerprint density at radius 3 is 2.39 bits per heavy atom. The molecule has 0 radical (unpaired) electrons. The van der Waals surface area contributed by atoms with Crippen LogP contribution in [0.1, 0.15) is 12.0 Å².